The topological polar surface area (TPSA) is 20.3 Å². The molecule has 0 radical (unpaired) electrons. The van der Waals surface area contributed by atoms with Crippen molar-refractivity contribution in [3.05, 3.63) is 63.6 Å². The summed E-state index contributed by atoms with van der Waals surface area (Å²) in [4.78, 5) is 13.9. The van der Waals surface area contributed by atoms with E-state index in [0.717, 1.165) is 10.2 Å². The predicted octanol–water partition coefficient (Wildman–Crippen LogP) is 4.38. The molecule has 0 fully saturated rings. The number of carbonyl (C=O) groups is 1. The van der Waals surface area contributed by atoms with E-state index in [1.165, 1.54) is 0 Å². The molecule has 2 rings (SSSR count). The zero-order valence-corrected chi connectivity index (χ0v) is 12.1. The van der Waals surface area contributed by atoms with Gasteiger partial charge >= 0.3 is 0 Å². The van der Waals surface area contributed by atoms with Crippen LogP contribution in [0.5, 0.6) is 0 Å². The molecule has 4 heteroatoms. The highest BCUT2D eigenvalue weighted by atomic mass is 79.9. The fourth-order valence-corrected chi connectivity index (χ4v) is 2.20. The molecule has 92 valence electrons. The zero-order chi connectivity index (χ0) is 13.1. The molecule has 0 aliphatic heterocycles. The van der Waals surface area contributed by atoms with Gasteiger partial charge in [0.1, 0.15) is 0 Å². The number of benzene rings is 2. The fraction of sp³-hybridized carbons (Fsp3) is 0.0714. The molecule has 1 amide bonds. The Labute approximate surface area is 119 Å². The molecule has 0 spiro atoms. The van der Waals surface area contributed by atoms with Gasteiger partial charge in [-0.25, -0.2) is 0 Å². The molecule has 2 nitrogen and oxygen atoms in total. The monoisotopic (exact) mass is 323 g/mol. The van der Waals surface area contributed by atoms with Crippen molar-refractivity contribution in [2.24, 2.45) is 0 Å². The van der Waals surface area contributed by atoms with Gasteiger partial charge in [-0.3, -0.25) is 4.79 Å². The zero-order valence-electron chi connectivity index (χ0n) is 9.73. The lowest BCUT2D eigenvalue weighted by Gasteiger charge is -2.18. The summed E-state index contributed by atoms with van der Waals surface area (Å²) < 4.78 is 0.736. The van der Waals surface area contributed by atoms with Crippen LogP contribution in [0, 0.1) is 0 Å². The van der Waals surface area contributed by atoms with Crippen LogP contribution < -0.4 is 4.90 Å². The molecule has 2 aromatic carbocycles. The number of carbonyl (C=O) groups excluding carboxylic acids is 1. The van der Waals surface area contributed by atoms with Crippen molar-refractivity contribution in [3.8, 4) is 0 Å². The largest absolute Gasteiger partial charge is 0.311 e. The Morgan fingerprint density at radius 1 is 1.17 bits per heavy atom. The van der Waals surface area contributed by atoms with E-state index in [4.69, 9.17) is 11.6 Å². The number of amides is 1. The average molecular weight is 325 g/mol. The summed E-state index contributed by atoms with van der Waals surface area (Å²) in [5.74, 6) is -0.101. The smallest absolute Gasteiger partial charge is 0.259 e. The summed E-state index contributed by atoms with van der Waals surface area (Å²) in [6.07, 6.45) is 0. The van der Waals surface area contributed by atoms with E-state index in [2.05, 4.69) is 15.9 Å². The number of hydrogen-bond donors (Lipinski definition) is 0. The van der Waals surface area contributed by atoms with Crippen molar-refractivity contribution in [2.75, 3.05) is 11.9 Å². The molecule has 2 aromatic rings. The minimum atomic E-state index is -0.101. The molecular formula is C14H11BrClNO. The Hall–Kier alpha value is -1.32. The second kappa shape index (κ2) is 5.55. The van der Waals surface area contributed by atoms with Crippen LogP contribution in [-0.2, 0) is 0 Å². The van der Waals surface area contributed by atoms with Crippen molar-refractivity contribution in [1.29, 1.82) is 0 Å². The molecule has 0 N–H and O–H groups in total. The van der Waals surface area contributed by atoms with Crippen LogP contribution in [0.2, 0.25) is 5.02 Å². The molecule has 0 aromatic heterocycles. The molecule has 0 unspecified atom stereocenters. The van der Waals surface area contributed by atoms with Crippen molar-refractivity contribution >= 4 is 39.1 Å². The standard InChI is InChI=1S/C14H11BrClNO/c1-17(11-5-3-2-4-6-11)14(18)12-9-10(16)7-8-13(12)15/h2-9H,1H3. The maximum Gasteiger partial charge on any atom is 0.259 e. The summed E-state index contributed by atoms with van der Waals surface area (Å²) in [6, 6.07) is 14.6. The van der Waals surface area contributed by atoms with Crippen molar-refractivity contribution in [1.82, 2.24) is 0 Å². The first-order valence-corrected chi connectivity index (χ1v) is 6.55. The van der Waals surface area contributed by atoms with Crippen LogP contribution in [0.3, 0.4) is 0 Å². The van der Waals surface area contributed by atoms with Gasteiger partial charge < -0.3 is 4.90 Å². The Bertz CT molecular complexity index is 571. The number of para-hydroxylation sites is 1. The van der Waals surface area contributed by atoms with Crippen LogP contribution >= 0.6 is 27.5 Å². The van der Waals surface area contributed by atoms with E-state index < -0.39 is 0 Å². The molecule has 0 heterocycles. The van der Waals surface area contributed by atoms with Crippen LogP contribution in [-0.4, -0.2) is 13.0 Å². The maximum atomic E-state index is 12.4. The Kier molecular flexibility index (Phi) is 4.04. The fourth-order valence-electron chi connectivity index (χ4n) is 1.61. The Morgan fingerprint density at radius 2 is 1.83 bits per heavy atom. The van der Waals surface area contributed by atoms with Gasteiger partial charge in [-0.05, 0) is 46.3 Å². The minimum Gasteiger partial charge on any atom is -0.311 e. The third-order valence-electron chi connectivity index (χ3n) is 2.61. The SMILES string of the molecule is CN(C(=O)c1cc(Cl)ccc1Br)c1ccccc1. The van der Waals surface area contributed by atoms with Crippen LogP contribution in [0.15, 0.2) is 53.0 Å². The maximum absolute atomic E-state index is 12.4. The number of anilines is 1. The molecule has 0 saturated heterocycles. The minimum absolute atomic E-state index is 0.101. The first kappa shape index (κ1) is 13.1. The second-order valence-corrected chi connectivity index (χ2v) is 5.11. The van der Waals surface area contributed by atoms with Gasteiger partial charge in [0, 0.05) is 22.2 Å². The summed E-state index contributed by atoms with van der Waals surface area (Å²) in [7, 11) is 1.74. The van der Waals surface area contributed by atoms with Gasteiger partial charge in [0.2, 0.25) is 0 Å². The summed E-state index contributed by atoms with van der Waals surface area (Å²) in [5.41, 5.74) is 1.39. The Morgan fingerprint density at radius 3 is 2.50 bits per heavy atom. The number of rotatable bonds is 2. The molecule has 0 aliphatic rings. The van der Waals surface area contributed by atoms with Crippen molar-refractivity contribution in [3.63, 3.8) is 0 Å². The van der Waals surface area contributed by atoms with Crippen molar-refractivity contribution < 1.29 is 4.79 Å². The molecule has 18 heavy (non-hydrogen) atoms. The quantitative estimate of drug-likeness (QED) is 0.803. The van der Waals surface area contributed by atoms with Gasteiger partial charge in [0.15, 0.2) is 0 Å². The van der Waals surface area contributed by atoms with E-state index in [0.29, 0.717) is 10.6 Å². The first-order chi connectivity index (χ1) is 8.59. The third kappa shape index (κ3) is 2.74. The number of hydrogen-bond acceptors (Lipinski definition) is 1. The van der Waals surface area contributed by atoms with Gasteiger partial charge in [-0.1, -0.05) is 29.8 Å². The second-order valence-electron chi connectivity index (χ2n) is 3.82. The first-order valence-electron chi connectivity index (χ1n) is 5.38. The van der Waals surface area contributed by atoms with Gasteiger partial charge in [0.05, 0.1) is 5.56 Å². The van der Waals surface area contributed by atoms with E-state index >= 15 is 0 Å². The van der Waals surface area contributed by atoms with E-state index in [9.17, 15) is 4.79 Å². The van der Waals surface area contributed by atoms with Crippen LogP contribution in [0.1, 0.15) is 10.4 Å². The van der Waals surface area contributed by atoms with Gasteiger partial charge in [0.25, 0.3) is 5.91 Å². The lowest BCUT2D eigenvalue weighted by molar-refractivity contribution is 0.0992. The molecular weight excluding hydrogens is 314 g/mol. The lowest BCUT2D eigenvalue weighted by Crippen LogP contribution is -2.26. The highest BCUT2D eigenvalue weighted by Gasteiger charge is 2.16. The number of nitrogens with zero attached hydrogens (tertiary/aromatic N) is 1. The summed E-state index contributed by atoms with van der Waals surface area (Å²) >= 11 is 9.29. The summed E-state index contributed by atoms with van der Waals surface area (Å²) in [6.45, 7) is 0. The van der Waals surface area contributed by atoms with Crippen LogP contribution in [0.4, 0.5) is 5.69 Å². The highest BCUT2D eigenvalue weighted by molar-refractivity contribution is 9.10. The highest BCUT2D eigenvalue weighted by Crippen LogP contribution is 2.24. The van der Waals surface area contributed by atoms with E-state index in [-0.39, 0.29) is 5.91 Å². The van der Waals surface area contributed by atoms with Crippen molar-refractivity contribution in [2.45, 2.75) is 0 Å². The predicted molar refractivity (Wildman–Crippen MR) is 78.3 cm³/mol. The van der Waals surface area contributed by atoms with E-state index in [1.807, 2.05) is 30.3 Å². The molecule has 0 bridgehead atoms. The number of halogens is 2. The van der Waals surface area contributed by atoms with Crippen LogP contribution in [0.25, 0.3) is 0 Å². The van der Waals surface area contributed by atoms with E-state index in [1.54, 1.807) is 30.1 Å². The lowest BCUT2D eigenvalue weighted by atomic mass is 10.2. The molecule has 0 aliphatic carbocycles. The Balaban J connectivity index is 2.34. The molecule has 0 saturated carbocycles. The van der Waals surface area contributed by atoms with Gasteiger partial charge in [-0.2, -0.15) is 0 Å². The third-order valence-corrected chi connectivity index (χ3v) is 3.53. The average Bonchev–Trinajstić information content (AvgIpc) is 2.41. The summed E-state index contributed by atoms with van der Waals surface area (Å²) in [5, 5.41) is 0.544. The molecule has 0 atom stereocenters. The van der Waals surface area contributed by atoms with Gasteiger partial charge in [-0.15, -0.1) is 0 Å². The normalized spacial score (nSPS) is 10.2.